The molecule has 1 aromatic rings. The molecule has 0 aliphatic carbocycles. The van der Waals surface area contributed by atoms with Crippen LogP contribution in [0.4, 0.5) is 0 Å². The third kappa shape index (κ3) is 3.57. The number of carbonyl (C=O) groups is 1. The van der Waals surface area contributed by atoms with E-state index in [9.17, 15) is 4.79 Å². The molecule has 1 amide bonds. The lowest BCUT2D eigenvalue weighted by molar-refractivity contribution is 0.00290. The van der Waals surface area contributed by atoms with Crippen molar-refractivity contribution < 1.29 is 9.53 Å². The summed E-state index contributed by atoms with van der Waals surface area (Å²) in [5.41, 5.74) is 2.07. The fraction of sp³-hybridized carbons (Fsp3) is 0.714. The van der Waals surface area contributed by atoms with Crippen molar-refractivity contribution in [2.24, 2.45) is 11.8 Å². The molecular formula is C21H32N4O2. The highest BCUT2D eigenvalue weighted by Gasteiger charge is 2.62. The summed E-state index contributed by atoms with van der Waals surface area (Å²) in [4.78, 5) is 15.0. The molecule has 27 heavy (non-hydrogen) atoms. The molecule has 0 radical (unpaired) electrons. The highest BCUT2D eigenvalue weighted by atomic mass is 16.5. The average Bonchev–Trinajstić information content (AvgIpc) is 3.38. The zero-order valence-electron chi connectivity index (χ0n) is 16.8. The smallest absolute Gasteiger partial charge is 0.254 e. The number of amides is 1. The van der Waals surface area contributed by atoms with Gasteiger partial charge in [0.05, 0.1) is 23.5 Å². The van der Waals surface area contributed by atoms with Gasteiger partial charge in [-0.3, -0.25) is 14.4 Å². The molecule has 3 aliphatic rings. The van der Waals surface area contributed by atoms with Gasteiger partial charge in [-0.15, -0.1) is 0 Å². The summed E-state index contributed by atoms with van der Waals surface area (Å²) in [5.74, 6) is 0.948. The maximum atomic E-state index is 12.5. The Morgan fingerprint density at radius 1 is 1.48 bits per heavy atom. The van der Waals surface area contributed by atoms with Crippen LogP contribution in [0.25, 0.3) is 0 Å². The number of rotatable bonds is 7. The van der Waals surface area contributed by atoms with Crippen molar-refractivity contribution in [3.8, 4) is 0 Å². The molecule has 4 heterocycles. The number of fused-ring (bicyclic) bond motifs is 1. The molecule has 6 heteroatoms. The van der Waals surface area contributed by atoms with Crippen molar-refractivity contribution in [2.45, 2.75) is 58.3 Å². The number of aromatic nitrogens is 2. The van der Waals surface area contributed by atoms with E-state index < -0.39 is 0 Å². The van der Waals surface area contributed by atoms with Gasteiger partial charge in [-0.2, -0.15) is 5.10 Å². The lowest BCUT2D eigenvalue weighted by Gasteiger charge is -2.29. The van der Waals surface area contributed by atoms with E-state index in [2.05, 4.69) is 35.2 Å². The highest BCUT2D eigenvalue weighted by Crippen LogP contribution is 2.54. The number of hydrogen-bond acceptors (Lipinski definition) is 4. The van der Waals surface area contributed by atoms with Gasteiger partial charge in [0.25, 0.3) is 5.91 Å². The van der Waals surface area contributed by atoms with Crippen LogP contribution >= 0.6 is 0 Å². The Morgan fingerprint density at radius 2 is 2.33 bits per heavy atom. The molecule has 148 valence electrons. The van der Waals surface area contributed by atoms with Gasteiger partial charge in [-0.1, -0.05) is 11.6 Å². The predicted octanol–water partition coefficient (Wildman–Crippen LogP) is 2.47. The van der Waals surface area contributed by atoms with E-state index in [4.69, 9.17) is 4.74 Å². The monoisotopic (exact) mass is 372 g/mol. The zero-order chi connectivity index (χ0) is 19.0. The van der Waals surface area contributed by atoms with Crippen molar-refractivity contribution in [1.82, 2.24) is 20.0 Å². The van der Waals surface area contributed by atoms with Gasteiger partial charge >= 0.3 is 0 Å². The van der Waals surface area contributed by atoms with Crippen LogP contribution in [-0.4, -0.2) is 58.5 Å². The van der Waals surface area contributed by atoms with Gasteiger partial charge < -0.3 is 10.1 Å². The Labute approximate surface area is 161 Å². The fourth-order valence-electron chi connectivity index (χ4n) is 5.23. The molecule has 3 aliphatic heterocycles. The summed E-state index contributed by atoms with van der Waals surface area (Å²) >= 11 is 0. The first-order valence-corrected chi connectivity index (χ1v) is 10.3. The van der Waals surface area contributed by atoms with Crippen LogP contribution in [-0.2, 0) is 11.3 Å². The molecular weight excluding hydrogens is 340 g/mol. The number of allylic oxidation sites excluding steroid dienone is 1. The Hall–Kier alpha value is -1.66. The lowest BCUT2D eigenvalue weighted by Crippen LogP contribution is -2.41. The number of aryl methyl sites for hydroxylation is 1. The third-order valence-corrected chi connectivity index (χ3v) is 6.57. The highest BCUT2D eigenvalue weighted by molar-refractivity contribution is 5.93. The second-order valence-corrected chi connectivity index (χ2v) is 8.63. The molecule has 1 aromatic heterocycles. The van der Waals surface area contributed by atoms with E-state index in [0.29, 0.717) is 30.0 Å². The standard InChI is InChI=1S/C21H32N4O2/c1-4-25-12-16(10-23-25)20(26)22-11-17-18-13-24(9-5-6-15(2)3)14-21(18)8-7-19(17)27-21/h6,10,12,17-19H,4-5,7-9,11,13-14H2,1-3H3,(H,22,26)/t17-,18+,19+,21+/m0/s1. The molecule has 0 unspecified atom stereocenters. The van der Waals surface area contributed by atoms with Crippen molar-refractivity contribution in [3.63, 3.8) is 0 Å². The average molecular weight is 373 g/mol. The SMILES string of the molecule is CCn1cc(C(=O)NC[C@H]2[C@H]3CN(CCC=C(C)C)C[C@]34CC[C@H]2O4)cn1. The quantitative estimate of drug-likeness (QED) is 0.747. The third-order valence-electron chi connectivity index (χ3n) is 6.57. The molecule has 2 bridgehead atoms. The van der Waals surface area contributed by atoms with E-state index in [1.807, 2.05) is 13.1 Å². The van der Waals surface area contributed by atoms with Gasteiger partial charge in [0.15, 0.2) is 0 Å². The van der Waals surface area contributed by atoms with Crippen LogP contribution in [0.1, 0.15) is 50.4 Å². The minimum Gasteiger partial charge on any atom is -0.370 e. The molecule has 1 spiro atoms. The predicted molar refractivity (Wildman–Crippen MR) is 105 cm³/mol. The molecule has 3 saturated heterocycles. The summed E-state index contributed by atoms with van der Waals surface area (Å²) in [7, 11) is 0. The Morgan fingerprint density at radius 3 is 3.07 bits per heavy atom. The second-order valence-electron chi connectivity index (χ2n) is 8.63. The van der Waals surface area contributed by atoms with Gasteiger partial charge in [0, 0.05) is 50.8 Å². The Kier molecular flexibility index (Phi) is 5.12. The molecule has 0 aromatic carbocycles. The number of carbonyl (C=O) groups excluding carboxylic acids is 1. The lowest BCUT2D eigenvalue weighted by atomic mass is 9.73. The summed E-state index contributed by atoms with van der Waals surface area (Å²) in [6.07, 6.45) is 9.51. The maximum absolute atomic E-state index is 12.5. The van der Waals surface area contributed by atoms with Gasteiger partial charge in [0.1, 0.15) is 0 Å². The largest absolute Gasteiger partial charge is 0.370 e. The van der Waals surface area contributed by atoms with E-state index in [1.165, 1.54) is 12.0 Å². The van der Waals surface area contributed by atoms with Crippen LogP contribution < -0.4 is 5.32 Å². The number of hydrogen-bond donors (Lipinski definition) is 1. The first-order chi connectivity index (χ1) is 13.0. The number of likely N-dealkylation sites (tertiary alicyclic amines) is 1. The summed E-state index contributed by atoms with van der Waals surface area (Å²) < 4.78 is 8.27. The maximum Gasteiger partial charge on any atom is 0.254 e. The molecule has 6 nitrogen and oxygen atoms in total. The molecule has 3 fully saturated rings. The van der Waals surface area contributed by atoms with Crippen molar-refractivity contribution in [1.29, 1.82) is 0 Å². The topological polar surface area (TPSA) is 59.4 Å². The van der Waals surface area contributed by atoms with Crippen molar-refractivity contribution in [2.75, 3.05) is 26.2 Å². The Balaban J connectivity index is 1.35. The van der Waals surface area contributed by atoms with Crippen LogP contribution in [0.15, 0.2) is 24.0 Å². The Bertz CT molecular complexity index is 724. The van der Waals surface area contributed by atoms with Crippen LogP contribution in [0.2, 0.25) is 0 Å². The summed E-state index contributed by atoms with van der Waals surface area (Å²) in [6, 6.07) is 0. The molecule has 0 saturated carbocycles. The number of nitrogens with zero attached hydrogens (tertiary/aromatic N) is 3. The van der Waals surface area contributed by atoms with E-state index in [-0.39, 0.29) is 11.5 Å². The minimum absolute atomic E-state index is 0.0232. The minimum atomic E-state index is -0.0232. The summed E-state index contributed by atoms with van der Waals surface area (Å²) in [6.45, 7) is 11.1. The van der Waals surface area contributed by atoms with E-state index in [1.54, 1.807) is 10.9 Å². The second kappa shape index (κ2) is 7.40. The van der Waals surface area contributed by atoms with Gasteiger partial charge in [-0.05, 0) is 40.0 Å². The van der Waals surface area contributed by atoms with Crippen LogP contribution in [0.3, 0.4) is 0 Å². The number of nitrogens with one attached hydrogen (secondary N) is 1. The fourth-order valence-corrected chi connectivity index (χ4v) is 5.23. The summed E-state index contributed by atoms with van der Waals surface area (Å²) in [5, 5.41) is 7.34. The van der Waals surface area contributed by atoms with Gasteiger partial charge in [-0.25, -0.2) is 0 Å². The first kappa shape index (κ1) is 18.7. The first-order valence-electron chi connectivity index (χ1n) is 10.3. The molecule has 4 atom stereocenters. The number of ether oxygens (including phenoxy) is 1. The van der Waals surface area contributed by atoms with Crippen molar-refractivity contribution in [3.05, 3.63) is 29.6 Å². The van der Waals surface area contributed by atoms with E-state index >= 15 is 0 Å². The zero-order valence-corrected chi connectivity index (χ0v) is 16.8. The molecule has 1 N–H and O–H groups in total. The van der Waals surface area contributed by atoms with Crippen molar-refractivity contribution >= 4 is 5.91 Å². The van der Waals surface area contributed by atoms with E-state index in [0.717, 1.165) is 39.0 Å². The van der Waals surface area contributed by atoms with Gasteiger partial charge in [0.2, 0.25) is 0 Å². The molecule has 4 rings (SSSR count). The van der Waals surface area contributed by atoms with Crippen LogP contribution in [0, 0.1) is 11.8 Å². The van der Waals surface area contributed by atoms with Crippen LogP contribution in [0.5, 0.6) is 0 Å². The normalized spacial score (nSPS) is 31.9.